The van der Waals surface area contributed by atoms with Gasteiger partial charge in [-0.2, -0.15) is 0 Å². The van der Waals surface area contributed by atoms with Gasteiger partial charge in [0.15, 0.2) is 5.13 Å². The summed E-state index contributed by atoms with van der Waals surface area (Å²) in [6.07, 6.45) is 0. The number of thiazole rings is 1. The molecule has 0 spiro atoms. The van der Waals surface area contributed by atoms with Crippen molar-refractivity contribution in [2.45, 2.75) is 19.9 Å². The minimum Gasteiger partial charge on any atom is -0.507 e. The van der Waals surface area contributed by atoms with Gasteiger partial charge in [-0.1, -0.05) is 41.1 Å². The third kappa shape index (κ3) is 3.96. The summed E-state index contributed by atoms with van der Waals surface area (Å²) in [5.41, 5.74) is 3.88. The van der Waals surface area contributed by atoms with Crippen molar-refractivity contribution in [3.63, 3.8) is 0 Å². The second-order valence-corrected chi connectivity index (χ2v) is 9.82. The number of nitrogens with zero attached hydrogens (tertiary/aromatic N) is 2. The van der Waals surface area contributed by atoms with Crippen molar-refractivity contribution >= 4 is 55.7 Å². The zero-order chi connectivity index (χ0) is 24.9. The number of hydrogen-bond acceptors (Lipinski definition) is 6. The molecule has 5 rings (SSSR count). The first-order chi connectivity index (χ1) is 16.8. The largest absolute Gasteiger partial charge is 0.507 e. The second kappa shape index (κ2) is 8.83. The molecule has 176 valence electrons. The zero-order valence-electron chi connectivity index (χ0n) is 19.2. The lowest BCUT2D eigenvalue weighted by atomic mass is 9.95. The maximum absolute atomic E-state index is 13.4. The molecule has 0 radical (unpaired) electrons. The van der Waals surface area contributed by atoms with Gasteiger partial charge in [-0.3, -0.25) is 14.5 Å². The molecule has 1 aliphatic rings. The number of aryl methyl sites for hydroxylation is 2. The highest BCUT2D eigenvalue weighted by Gasteiger charge is 2.48. The topological polar surface area (TPSA) is 79.7 Å². The van der Waals surface area contributed by atoms with Crippen molar-refractivity contribution in [1.29, 1.82) is 0 Å². The number of halogens is 1. The number of carbonyl (C=O) groups excluding carboxylic acids is 2. The van der Waals surface area contributed by atoms with E-state index in [9.17, 15) is 14.7 Å². The molecular weight excluding hydrogens is 484 g/mol. The summed E-state index contributed by atoms with van der Waals surface area (Å²) in [5, 5.41) is 12.2. The number of anilines is 1. The lowest BCUT2D eigenvalue weighted by Crippen LogP contribution is -2.29. The molecule has 0 bridgehead atoms. The smallest absolute Gasteiger partial charge is 0.301 e. The number of ether oxygens (including phenoxy) is 1. The van der Waals surface area contributed by atoms with Crippen molar-refractivity contribution in [3.05, 3.63) is 93.5 Å². The van der Waals surface area contributed by atoms with Gasteiger partial charge in [0.25, 0.3) is 5.78 Å². The van der Waals surface area contributed by atoms with Crippen molar-refractivity contribution in [2.24, 2.45) is 0 Å². The highest BCUT2D eigenvalue weighted by atomic mass is 35.5. The molecule has 1 fully saturated rings. The third-order valence-corrected chi connectivity index (χ3v) is 7.27. The van der Waals surface area contributed by atoms with E-state index in [1.165, 1.54) is 16.2 Å². The molecule has 35 heavy (non-hydrogen) atoms. The molecule has 2 heterocycles. The van der Waals surface area contributed by atoms with Gasteiger partial charge in [-0.05, 0) is 73.0 Å². The summed E-state index contributed by atoms with van der Waals surface area (Å²) >= 11 is 7.45. The van der Waals surface area contributed by atoms with E-state index in [4.69, 9.17) is 21.3 Å². The fourth-order valence-electron chi connectivity index (χ4n) is 4.36. The maximum atomic E-state index is 13.4. The van der Waals surface area contributed by atoms with Crippen LogP contribution < -0.4 is 9.64 Å². The van der Waals surface area contributed by atoms with Crippen LogP contribution in [0.15, 0.2) is 66.2 Å². The molecule has 4 aromatic rings. The number of hydrogen-bond donors (Lipinski definition) is 1. The Kier molecular flexibility index (Phi) is 5.83. The molecule has 6 nitrogen and oxygen atoms in total. The molecule has 1 saturated heterocycles. The predicted octanol–water partition coefficient (Wildman–Crippen LogP) is 6.20. The Morgan fingerprint density at radius 1 is 1.06 bits per heavy atom. The Bertz CT molecular complexity index is 1510. The van der Waals surface area contributed by atoms with Gasteiger partial charge in [0.2, 0.25) is 0 Å². The normalized spacial score (nSPS) is 17.4. The van der Waals surface area contributed by atoms with Gasteiger partial charge in [0.05, 0.1) is 28.9 Å². The number of methoxy groups -OCH3 is 1. The molecule has 8 heteroatoms. The third-order valence-electron chi connectivity index (χ3n) is 6.02. The van der Waals surface area contributed by atoms with E-state index in [0.29, 0.717) is 27.0 Å². The molecule has 1 unspecified atom stereocenters. The van der Waals surface area contributed by atoms with Crippen molar-refractivity contribution < 1.29 is 19.4 Å². The highest BCUT2D eigenvalue weighted by Crippen LogP contribution is 2.45. The van der Waals surface area contributed by atoms with Gasteiger partial charge >= 0.3 is 5.91 Å². The number of amides is 1. The lowest BCUT2D eigenvalue weighted by Gasteiger charge is -2.23. The van der Waals surface area contributed by atoms with Gasteiger partial charge < -0.3 is 9.84 Å². The van der Waals surface area contributed by atoms with Gasteiger partial charge in [-0.25, -0.2) is 4.98 Å². The predicted molar refractivity (Wildman–Crippen MR) is 138 cm³/mol. The standard InChI is InChI=1S/C27H21ClN2O4S/c1-14-12-15(2)22-20(13-14)35-27(29-22)30-23(16-4-8-18(28)9-5-16)21(25(32)26(30)33)24(31)17-6-10-19(34-3)11-7-17/h4-13,23,31H,1-3H3/b24-21+. The number of aliphatic hydroxyl groups is 1. The average molecular weight is 505 g/mol. The Morgan fingerprint density at radius 2 is 1.74 bits per heavy atom. The summed E-state index contributed by atoms with van der Waals surface area (Å²) in [7, 11) is 1.54. The number of benzene rings is 3. The van der Waals surface area contributed by atoms with Crippen molar-refractivity contribution in [3.8, 4) is 5.75 Å². The van der Waals surface area contributed by atoms with E-state index in [2.05, 4.69) is 0 Å². The van der Waals surface area contributed by atoms with Gasteiger partial charge in [-0.15, -0.1) is 0 Å². The Labute approximate surface area is 211 Å². The zero-order valence-corrected chi connectivity index (χ0v) is 20.8. The van der Waals surface area contributed by atoms with Crippen LogP contribution in [0.2, 0.25) is 5.02 Å². The molecule has 1 atom stereocenters. The molecule has 1 aliphatic heterocycles. The summed E-state index contributed by atoms with van der Waals surface area (Å²) in [4.78, 5) is 32.8. The average Bonchev–Trinajstić information content (AvgIpc) is 3.38. The molecule has 3 aromatic carbocycles. The Morgan fingerprint density at radius 3 is 2.40 bits per heavy atom. The van der Waals surface area contributed by atoms with Crippen LogP contribution in [-0.4, -0.2) is 28.9 Å². The Hall–Kier alpha value is -3.68. The van der Waals surface area contributed by atoms with Crippen LogP contribution in [0, 0.1) is 13.8 Å². The molecule has 0 saturated carbocycles. The first kappa shape index (κ1) is 23.1. The molecular formula is C27H21ClN2O4S. The van der Waals surface area contributed by atoms with Crippen LogP contribution in [0.4, 0.5) is 5.13 Å². The Balaban J connectivity index is 1.72. The van der Waals surface area contributed by atoms with Crippen LogP contribution in [0.25, 0.3) is 16.0 Å². The lowest BCUT2D eigenvalue weighted by molar-refractivity contribution is -0.132. The van der Waals surface area contributed by atoms with E-state index >= 15 is 0 Å². The summed E-state index contributed by atoms with van der Waals surface area (Å²) in [5.74, 6) is -1.17. The first-order valence-corrected chi connectivity index (χ1v) is 12.1. The van der Waals surface area contributed by atoms with Gasteiger partial charge in [0, 0.05) is 10.6 Å². The van der Waals surface area contributed by atoms with Crippen LogP contribution >= 0.6 is 22.9 Å². The van der Waals surface area contributed by atoms with E-state index in [0.717, 1.165) is 21.3 Å². The van der Waals surface area contributed by atoms with Crippen LogP contribution in [0.5, 0.6) is 5.75 Å². The van der Waals surface area contributed by atoms with Crippen LogP contribution in [-0.2, 0) is 9.59 Å². The van der Waals surface area contributed by atoms with E-state index < -0.39 is 17.7 Å². The first-order valence-electron chi connectivity index (χ1n) is 10.9. The monoisotopic (exact) mass is 504 g/mol. The number of ketones is 1. The SMILES string of the molecule is COc1ccc(/C(O)=C2\C(=O)C(=O)N(c3nc4c(C)cc(C)cc4s3)C2c2ccc(Cl)cc2)cc1. The summed E-state index contributed by atoms with van der Waals surface area (Å²) in [6.45, 7) is 3.97. The van der Waals surface area contributed by atoms with Gasteiger partial charge in [0.1, 0.15) is 11.5 Å². The summed E-state index contributed by atoms with van der Waals surface area (Å²) < 4.78 is 6.11. The van der Waals surface area contributed by atoms with Crippen LogP contribution in [0.3, 0.4) is 0 Å². The maximum Gasteiger partial charge on any atom is 0.301 e. The van der Waals surface area contributed by atoms with Crippen molar-refractivity contribution in [2.75, 3.05) is 12.0 Å². The van der Waals surface area contributed by atoms with E-state index in [1.807, 2.05) is 26.0 Å². The molecule has 1 aromatic heterocycles. The van der Waals surface area contributed by atoms with Crippen molar-refractivity contribution in [1.82, 2.24) is 4.98 Å². The molecule has 1 N–H and O–H groups in total. The van der Waals surface area contributed by atoms with Crippen LogP contribution in [0.1, 0.15) is 28.3 Å². The van der Waals surface area contributed by atoms with E-state index in [-0.39, 0.29) is 11.3 Å². The number of fused-ring (bicyclic) bond motifs is 1. The fraction of sp³-hybridized carbons (Fsp3) is 0.148. The number of carbonyl (C=O) groups is 2. The highest BCUT2D eigenvalue weighted by molar-refractivity contribution is 7.22. The quantitative estimate of drug-likeness (QED) is 0.203. The summed E-state index contributed by atoms with van der Waals surface area (Å²) in [6, 6.07) is 16.7. The molecule has 1 amide bonds. The van der Waals surface area contributed by atoms with E-state index in [1.54, 1.807) is 55.6 Å². The number of Topliss-reactive ketones (excluding diaryl/α,β-unsaturated/α-hetero) is 1. The minimum absolute atomic E-state index is 0.00496. The molecule has 0 aliphatic carbocycles. The number of rotatable bonds is 4. The fourth-order valence-corrected chi connectivity index (χ4v) is 5.65. The minimum atomic E-state index is -0.865. The number of aliphatic hydroxyl groups excluding tert-OH is 1. The second-order valence-electron chi connectivity index (χ2n) is 8.37. The number of aromatic nitrogens is 1.